The number of carbonyl (C=O) groups is 4. The number of amides is 5. The standard InChI is InChI=1S/C24H28N6O4/c1-27-16-22(32)29-19(12-20(25)31)23(33)28(14-18-10-6-3-7-11-18)15-21(29)30(27)24(34)26-13-17-8-4-2-5-9-17/h2-11,19,21H,12-16H2,1H3,(H2,25,31)(H,26,34)/t19-,21-/m0/s1. The molecule has 2 aliphatic heterocycles. The summed E-state index contributed by atoms with van der Waals surface area (Å²) in [7, 11) is 1.65. The maximum Gasteiger partial charge on any atom is 0.334 e. The van der Waals surface area contributed by atoms with E-state index in [-0.39, 0.29) is 37.9 Å². The fraction of sp³-hybridized carbons (Fsp3) is 0.333. The summed E-state index contributed by atoms with van der Waals surface area (Å²) in [6, 6.07) is 17.4. The number of primary amides is 1. The largest absolute Gasteiger partial charge is 0.370 e. The van der Waals surface area contributed by atoms with Crippen LogP contribution in [0.3, 0.4) is 0 Å². The third kappa shape index (κ3) is 4.86. The Balaban J connectivity index is 1.61. The molecule has 2 aromatic rings. The highest BCUT2D eigenvalue weighted by atomic mass is 16.2. The fourth-order valence-corrected chi connectivity index (χ4v) is 4.50. The molecule has 2 atom stereocenters. The number of fused-ring (bicyclic) bond motifs is 1. The molecule has 2 fully saturated rings. The first-order chi connectivity index (χ1) is 16.3. The summed E-state index contributed by atoms with van der Waals surface area (Å²) in [6.45, 7) is 0.604. The van der Waals surface area contributed by atoms with E-state index in [2.05, 4.69) is 5.32 Å². The molecule has 2 heterocycles. The molecule has 178 valence electrons. The molecule has 0 aliphatic carbocycles. The van der Waals surface area contributed by atoms with E-state index >= 15 is 0 Å². The molecule has 0 bridgehead atoms. The summed E-state index contributed by atoms with van der Waals surface area (Å²) in [5, 5.41) is 5.88. The van der Waals surface area contributed by atoms with Crippen LogP contribution in [0.15, 0.2) is 60.7 Å². The number of nitrogens with two attached hydrogens (primary N) is 1. The summed E-state index contributed by atoms with van der Waals surface area (Å²) in [4.78, 5) is 54.3. The molecule has 3 N–H and O–H groups in total. The van der Waals surface area contributed by atoms with Gasteiger partial charge in [0.15, 0.2) is 0 Å². The van der Waals surface area contributed by atoms with Crippen molar-refractivity contribution in [2.24, 2.45) is 5.73 Å². The van der Waals surface area contributed by atoms with Crippen LogP contribution in [0.2, 0.25) is 0 Å². The van der Waals surface area contributed by atoms with E-state index < -0.39 is 24.1 Å². The van der Waals surface area contributed by atoms with Gasteiger partial charge in [-0.25, -0.2) is 14.8 Å². The third-order valence-corrected chi connectivity index (χ3v) is 6.04. The van der Waals surface area contributed by atoms with Crippen molar-refractivity contribution in [1.29, 1.82) is 0 Å². The summed E-state index contributed by atoms with van der Waals surface area (Å²) >= 11 is 0. The van der Waals surface area contributed by atoms with E-state index in [1.807, 2.05) is 60.7 Å². The van der Waals surface area contributed by atoms with Gasteiger partial charge in [-0.15, -0.1) is 0 Å². The minimum atomic E-state index is -1.06. The maximum absolute atomic E-state index is 13.3. The van der Waals surface area contributed by atoms with Gasteiger partial charge in [0, 0.05) is 20.1 Å². The van der Waals surface area contributed by atoms with Crippen molar-refractivity contribution in [3.05, 3.63) is 71.8 Å². The Morgan fingerprint density at radius 3 is 2.24 bits per heavy atom. The minimum Gasteiger partial charge on any atom is -0.370 e. The highest BCUT2D eigenvalue weighted by molar-refractivity contribution is 5.94. The van der Waals surface area contributed by atoms with Crippen molar-refractivity contribution in [3.8, 4) is 0 Å². The zero-order valence-corrected chi connectivity index (χ0v) is 19.0. The Labute approximate surface area is 197 Å². The van der Waals surface area contributed by atoms with Gasteiger partial charge in [0.2, 0.25) is 17.7 Å². The summed E-state index contributed by atoms with van der Waals surface area (Å²) in [5.41, 5.74) is 7.26. The van der Waals surface area contributed by atoms with E-state index in [4.69, 9.17) is 5.73 Å². The van der Waals surface area contributed by atoms with E-state index in [0.717, 1.165) is 11.1 Å². The number of hydrogen-bond acceptors (Lipinski definition) is 5. The second-order valence-corrected chi connectivity index (χ2v) is 8.48. The fourth-order valence-electron chi connectivity index (χ4n) is 4.50. The minimum absolute atomic E-state index is 0.101. The zero-order valence-electron chi connectivity index (χ0n) is 19.0. The van der Waals surface area contributed by atoms with E-state index in [1.54, 1.807) is 17.0 Å². The number of hydrazine groups is 1. The smallest absolute Gasteiger partial charge is 0.334 e. The normalized spacial score (nSPS) is 20.8. The molecule has 2 saturated heterocycles. The van der Waals surface area contributed by atoms with Gasteiger partial charge < -0.3 is 20.9 Å². The third-order valence-electron chi connectivity index (χ3n) is 6.04. The average Bonchev–Trinajstić information content (AvgIpc) is 2.81. The van der Waals surface area contributed by atoms with Gasteiger partial charge in [0.05, 0.1) is 19.5 Å². The summed E-state index contributed by atoms with van der Waals surface area (Å²) in [6.07, 6.45) is -1.08. The van der Waals surface area contributed by atoms with Crippen LogP contribution in [0, 0.1) is 0 Å². The van der Waals surface area contributed by atoms with Gasteiger partial charge in [-0.05, 0) is 11.1 Å². The number of nitrogens with one attached hydrogen (secondary N) is 1. The zero-order chi connectivity index (χ0) is 24.2. The van der Waals surface area contributed by atoms with Crippen LogP contribution < -0.4 is 11.1 Å². The van der Waals surface area contributed by atoms with Crippen LogP contribution >= 0.6 is 0 Å². The van der Waals surface area contributed by atoms with Gasteiger partial charge in [0.25, 0.3) is 0 Å². The molecule has 34 heavy (non-hydrogen) atoms. The molecular weight excluding hydrogens is 436 g/mol. The molecule has 2 aromatic carbocycles. The summed E-state index contributed by atoms with van der Waals surface area (Å²) < 4.78 is 0. The predicted molar refractivity (Wildman–Crippen MR) is 123 cm³/mol. The number of nitrogens with zero attached hydrogens (tertiary/aromatic N) is 4. The van der Waals surface area contributed by atoms with Crippen molar-refractivity contribution in [3.63, 3.8) is 0 Å². The SMILES string of the molecule is CN1CC(=O)N2[C@@H](CC(N)=O)C(=O)N(Cc3ccccc3)C[C@@H]2N1C(=O)NCc1ccccc1. The lowest BCUT2D eigenvalue weighted by atomic mass is 10.0. The Hall–Kier alpha value is -3.92. The highest BCUT2D eigenvalue weighted by Gasteiger charge is 2.51. The lowest BCUT2D eigenvalue weighted by molar-refractivity contribution is -0.188. The van der Waals surface area contributed by atoms with Crippen molar-refractivity contribution in [2.75, 3.05) is 20.1 Å². The molecule has 0 radical (unpaired) electrons. The number of benzene rings is 2. The molecule has 0 saturated carbocycles. The Kier molecular flexibility index (Phi) is 6.78. The average molecular weight is 465 g/mol. The number of hydrogen-bond donors (Lipinski definition) is 2. The van der Waals surface area contributed by atoms with Crippen LogP contribution in [-0.2, 0) is 27.5 Å². The van der Waals surface area contributed by atoms with Gasteiger partial charge in [-0.1, -0.05) is 60.7 Å². The number of carbonyl (C=O) groups excluding carboxylic acids is 4. The van der Waals surface area contributed by atoms with Crippen LogP contribution in [0.25, 0.3) is 0 Å². The molecular formula is C24H28N6O4. The van der Waals surface area contributed by atoms with E-state index in [1.165, 1.54) is 9.91 Å². The van der Waals surface area contributed by atoms with Gasteiger partial charge in [-0.2, -0.15) is 0 Å². The monoisotopic (exact) mass is 464 g/mol. The van der Waals surface area contributed by atoms with Crippen molar-refractivity contribution in [2.45, 2.75) is 31.7 Å². The first-order valence-corrected chi connectivity index (χ1v) is 11.1. The molecule has 2 aliphatic rings. The van der Waals surface area contributed by atoms with Gasteiger partial charge in [0.1, 0.15) is 12.2 Å². The Morgan fingerprint density at radius 2 is 1.62 bits per heavy atom. The van der Waals surface area contributed by atoms with Crippen molar-refractivity contribution < 1.29 is 19.2 Å². The lowest BCUT2D eigenvalue weighted by Gasteiger charge is -2.54. The quantitative estimate of drug-likeness (QED) is 0.645. The maximum atomic E-state index is 13.3. The Bertz CT molecular complexity index is 1060. The van der Waals surface area contributed by atoms with Crippen LogP contribution in [0.1, 0.15) is 17.5 Å². The molecule has 10 heteroatoms. The molecule has 0 unspecified atom stereocenters. The van der Waals surface area contributed by atoms with Crippen LogP contribution in [0.4, 0.5) is 4.79 Å². The molecule has 10 nitrogen and oxygen atoms in total. The topological polar surface area (TPSA) is 119 Å². The van der Waals surface area contributed by atoms with Crippen molar-refractivity contribution in [1.82, 2.24) is 25.1 Å². The second kappa shape index (κ2) is 9.92. The number of rotatable bonds is 6. The van der Waals surface area contributed by atoms with E-state index in [0.29, 0.717) is 6.54 Å². The van der Waals surface area contributed by atoms with Crippen LogP contribution in [0.5, 0.6) is 0 Å². The number of piperazine rings is 1. The van der Waals surface area contributed by atoms with Gasteiger partial charge in [-0.3, -0.25) is 14.4 Å². The molecule has 4 rings (SSSR count). The van der Waals surface area contributed by atoms with Gasteiger partial charge >= 0.3 is 6.03 Å². The second-order valence-electron chi connectivity index (χ2n) is 8.48. The Morgan fingerprint density at radius 1 is 1.00 bits per heavy atom. The first-order valence-electron chi connectivity index (χ1n) is 11.1. The number of urea groups is 1. The van der Waals surface area contributed by atoms with Crippen LogP contribution in [-0.4, -0.2) is 75.9 Å². The first kappa shape index (κ1) is 23.2. The highest BCUT2D eigenvalue weighted by Crippen LogP contribution is 2.28. The van der Waals surface area contributed by atoms with E-state index in [9.17, 15) is 19.2 Å². The molecule has 0 spiro atoms. The predicted octanol–water partition coefficient (Wildman–Crippen LogP) is 0.500. The lowest BCUT2D eigenvalue weighted by Crippen LogP contribution is -2.76. The van der Waals surface area contributed by atoms with Crippen molar-refractivity contribution >= 4 is 23.8 Å². The number of likely N-dealkylation sites (N-methyl/N-ethyl adjacent to an activating group) is 1. The molecule has 5 amide bonds. The summed E-state index contributed by atoms with van der Waals surface area (Å²) in [5.74, 6) is -1.38. The molecule has 0 aromatic heterocycles.